The van der Waals surface area contributed by atoms with Gasteiger partial charge in [0.2, 0.25) is 0 Å². The highest BCUT2D eigenvalue weighted by atomic mass is 16.5. The van der Waals surface area contributed by atoms with E-state index in [1.54, 1.807) is 29.2 Å². The maximum Gasteiger partial charge on any atom is 0.340 e. The summed E-state index contributed by atoms with van der Waals surface area (Å²) in [4.78, 5) is 37.8. The van der Waals surface area contributed by atoms with E-state index in [1.807, 2.05) is 13.8 Å². The molecule has 1 aromatic carbocycles. The molecule has 0 saturated carbocycles. The second-order valence-electron chi connectivity index (χ2n) is 5.12. The molecule has 0 unspecified atom stereocenters. The molecule has 132 valence electrons. The van der Waals surface area contributed by atoms with Crippen LogP contribution < -0.4 is 5.32 Å². The molecule has 1 N–H and O–H groups in total. The lowest BCUT2D eigenvalue weighted by Gasteiger charge is -2.18. The molecular formula is C18H20N2O5. The van der Waals surface area contributed by atoms with Crippen molar-refractivity contribution in [3.05, 3.63) is 54.0 Å². The van der Waals surface area contributed by atoms with Crippen LogP contribution in [0.4, 0.5) is 5.69 Å². The van der Waals surface area contributed by atoms with Gasteiger partial charge in [-0.05, 0) is 38.1 Å². The van der Waals surface area contributed by atoms with E-state index in [9.17, 15) is 14.4 Å². The van der Waals surface area contributed by atoms with E-state index in [1.165, 1.54) is 18.4 Å². The summed E-state index contributed by atoms with van der Waals surface area (Å²) in [5.74, 6) is -1.31. The average Bonchev–Trinajstić information content (AvgIpc) is 3.16. The number of carbonyl (C=O) groups is 3. The molecule has 2 rings (SSSR count). The Hall–Kier alpha value is -3.09. The lowest BCUT2D eigenvalue weighted by Crippen LogP contribution is -2.34. The van der Waals surface area contributed by atoms with Gasteiger partial charge >= 0.3 is 5.97 Å². The summed E-state index contributed by atoms with van der Waals surface area (Å²) in [6.07, 6.45) is 1.38. The lowest BCUT2D eigenvalue weighted by atomic mass is 10.1. The van der Waals surface area contributed by atoms with Gasteiger partial charge in [-0.2, -0.15) is 0 Å². The van der Waals surface area contributed by atoms with Crippen LogP contribution in [0.5, 0.6) is 0 Å². The third-order valence-corrected chi connectivity index (χ3v) is 3.58. The van der Waals surface area contributed by atoms with Crippen molar-refractivity contribution >= 4 is 23.5 Å². The molecule has 0 aliphatic carbocycles. The Labute approximate surface area is 145 Å². The number of likely N-dealkylation sites (N-methyl/N-ethyl adjacent to an activating group) is 1. The molecule has 1 aromatic heterocycles. The van der Waals surface area contributed by atoms with Gasteiger partial charge in [0.15, 0.2) is 12.4 Å². The molecule has 2 amide bonds. The smallest absolute Gasteiger partial charge is 0.340 e. The van der Waals surface area contributed by atoms with Crippen molar-refractivity contribution in [2.24, 2.45) is 0 Å². The van der Waals surface area contributed by atoms with Crippen molar-refractivity contribution in [1.82, 2.24) is 4.90 Å². The van der Waals surface area contributed by atoms with Gasteiger partial charge in [0, 0.05) is 13.1 Å². The number of esters is 1. The Morgan fingerprint density at radius 2 is 1.80 bits per heavy atom. The van der Waals surface area contributed by atoms with E-state index in [-0.39, 0.29) is 29.5 Å². The van der Waals surface area contributed by atoms with Crippen LogP contribution in [0, 0.1) is 0 Å². The third-order valence-electron chi connectivity index (χ3n) is 3.58. The minimum Gasteiger partial charge on any atom is -0.459 e. The van der Waals surface area contributed by atoms with Crippen LogP contribution in [0.25, 0.3) is 0 Å². The number of nitrogens with zero attached hydrogens (tertiary/aromatic N) is 1. The van der Waals surface area contributed by atoms with Gasteiger partial charge in [-0.3, -0.25) is 9.59 Å². The summed E-state index contributed by atoms with van der Waals surface area (Å²) in [5, 5.41) is 2.60. The normalized spacial score (nSPS) is 10.2. The van der Waals surface area contributed by atoms with Gasteiger partial charge in [0.1, 0.15) is 0 Å². The Kier molecular flexibility index (Phi) is 6.33. The van der Waals surface area contributed by atoms with Gasteiger partial charge in [-0.15, -0.1) is 0 Å². The van der Waals surface area contributed by atoms with Crippen molar-refractivity contribution < 1.29 is 23.5 Å². The number of benzene rings is 1. The first-order valence-corrected chi connectivity index (χ1v) is 7.95. The van der Waals surface area contributed by atoms with Crippen molar-refractivity contribution in [3.63, 3.8) is 0 Å². The number of rotatable bonds is 7. The number of para-hydroxylation sites is 1. The first-order chi connectivity index (χ1) is 12.1. The summed E-state index contributed by atoms with van der Waals surface area (Å²) in [7, 11) is 0. The fraction of sp³-hybridized carbons (Fsp3) is 0.278. The number of furan rings is 1. The van der Waals surface area contributed by atoms with Crippen LogP contribution in [0.2, 0.25) is 0 Å². The van der Waals surface area contributed by atoms with Crippen LogP contribution in [0.1, 0.15) is 34.8 Å². The fourth-order valence-corrected chi connectivity index (χ4v) is 2.23. The topological polar surface area (TPSA) is 88.9 Å². The van der Waals surface area contributed by atoms with Crippen molar-refractivity contribution in [2.75, 3.05) is 25.0 Å². The zero-order valence-corrected chi connectivity index (χ0v) is 14.2. The molecule has 0 spiro atoms. The predicted molar refractivity (Wildman–Crippen MR) is 91.3 cm³/mol. The molecule has 7 heteroatoms. The molecule has 2 aromatic rings. The van der Waals surface area contributed by atoms with E-state index in [0.29, 0.717) is 13.1 Å². The second kappa shape index (κ2) is 8.68. The van der Waals surface area contributed by atoms with E-state index in [4.69, 9.17) is 9.15 Å². The van der Waals surface area contributed by atoms with Gasteiger partial charge in [0.25, 0.3) is 11.8 Å². The van der Waals surface area contributed by atoms with Gasteiger partial charge in [-0.1, -0.05) is 12.1 Å². The quantitative estimate of drug-likeness (QED) is 0.780. The van der Waals surface area contributed by atoms with Crippen molar-refractivity contribution in [2.45, 2.75) is 13.8 Å². The number of ether oxygens (including phenoxy) is 1. The third kappa shape index (κ3) is 4.69. The molecule has 0 aliphatic rings. The average molecular weight is 344 g/mol. The molecule has 0 radical (unpaired) electrons. The minimum atomic E-state index is -0.684. The molecule has 0 atom stereocenters. The van der Waals surface area contributed by atoms with Gasteiger partial charge in [-0.25, -0.2) is 4.79 Å². The molecule has 0 aliphatic heterocycles. The first-order valence-electron chi connectivity index (χ1n) is 7.95. The van der Waals surface area contributed by atoms with Crippen LogP contribution in [-0.2, 0) is 9.53 Å². The number of hydrogen-bond acceptors (Lipinski definition) is 5. The van der Waals surface area contributed by atoms with Gasteiger partial charge < -0.3 is 19.4 Å². The van der Waals surface area contributed by atoms with E-state index >= 15 is 0 Å². The molecule has 0 fully saturated rings. The minimum absolute atomic E-state index is 0.125. The van der Waals surface area contributed by atoms with Crippen LogP contribution >= 0.6 is 0 Å². The van der Waals surface area contributed by atoms with E-state index in [2.05, 4.69) is 5.32 Å². The van der Waals surface area contributed by atoms with E-state index < -0.39 is 11.9 Å². The Morgan fingerprint density at radius 3 is 2.44 bits per heavy atom. The molecule has 25 heavy (non-hydrogen) atoms. The SMILES string of the molecule is CCN(CC)C(=O)COC(=O)c1ccccc1NC(=O)c1ccco1. The summed E-state index contributed by atoms with van der Waals surface area (Å²) in [6, 6.07) is 9.51. The predicted octanol–water partition coefficient (Wildman–Crippen LogP) is 2.56. The standard InChI is InChI=1S/C18H20N2O5/c1-3-20(4-2)16(21)12-25-18(23)13-8-5-6-9-14(13)19-17(22)15-10-7-11-24-15/h5-11H,3-4,12H2,1-2H3,(H,19,22). The first kappa shape index (κ1) is 18.3. The lowest BCUT2D eigenvalue weighted by molar-refractivity contribution is -0.134. The molecule has 0 bridgehead atoms. The molecule has 0 saturated heterocycles. The molecule has 7 nitrogen and oxygen atoms in total. The highest BCUT2D eigenvalue weighted by Gasteiger charge is 2.18. The van der Waals surface area contributed by atoms with Crippen molar-refractivity contribution in [3.8, 4) is 0 Å². The maximum atomic E-state index is 12.3. The molecular weight excluding hydrogens is 324 g/mol. The Bertz CT molecular complexity index is 736. The summed E-state index contributed by atoms with van der Waals surface area (Å²) < 4.78 is 10.1. The van der Waals surface area contributed by atoms with E-state index in [0.717, 1.165) is 0 Å². The van der Waals surface area contributed by atoms with Crippen LogP contribution in [0.15, 0.2) is 47.1 Å². The Morgan fingerprint density at radius 1 is 1.08 bits per heavy atom. The number of carbonyl (C=O) groups excluding carboxylic acids is 3. The highest BCUT2D eigenvalue weighted by Crippen LogP contribution is 2.17. The number of amides is 2. The maximum absolute atomic E-state index is 12.3. The Balaban J connectivity index is 2.05. The zero-order valence-electron chi connectivity index (χ0n) is 14.2. The largest absolute Gasteiger partial charge is 0.459 e. The summed E-state index contributed by atoms with van der Waals surface area (Å²) in [5.41, 5.74) is 0.443. The fourth-order valence-electron chi connectivity index (χ4n) is 2.23. The van der Waals surface area contributed by atoms with Crippen molar-refractivity contribution in [1.29, 1.82) is 0 Å². The number of anilines is 1. The zero-order chi connectivity index (χ0) is 18.2. The molecule has 1 heterocycles. The second-order valence-corrected chi connectivity index (χ2v) is 5.12. The monoisotopic (exact) mass is 344 g/mol. The van der Waals surface area contributed by atoms with Crippen LogP contribution in [0.3, 0.4) is 0 Å². The number of hydrogen-bond donors (Lipinski definition) is 1. The van der Waals surface area contributed by atoms with Crippen LogP contribution in [-0.4, -0.2) is 42.4 Å². The van der Waals surface area contributed by atoms with Gasteiger partial charge in [0.05, 0.1) is 17.5 Å². The summed E-state index contributed by atoms with van der Waals surface area (Å²) >= 11 is 0. The highest BCUT2D eigenvalue weighted by molar-refractivity contribution is 6.06. The number of nitrogens with one attached hydrogen (secondary N) is 1. The summed E-state index contributed by atoms with van der Waals surface area (Å²) in [6.45, 7) is 4.44.